The van der Waals surface area contributed by atoms with Crippen LogP contribution in [0.5, 0.6) is 0 Å². The SMILES string of the molecule is CCC1CCC(N(CC)CC(C)C(=N)N)CC1. The van der Waals surface area contributed by atoms with E-state index in [1.807, 2.05) is 0 Å². The molecule has 1 fully saturated rings. The molecule has 0 bridgehead atoms. The molecule has 1 aliphatic rings. The van der Waals surface area contributed by atoms with E-state index < -0.39 is 0 Å². The highest BCUT2D eigenvalue weighted by atomic mass is 15.2. The van der Waals surface area contributed by atoms with E-state index in [9.17, 15) is 0 Å². The van der Waals surface area contributed by atoms with Crippen LogP contribution in [-0.4, -0.2) is 29.9 Å². The zero-order chi connectivity index (χ0) is 12.8. The van der Waals surface area contributed by atoms with E-state index in [-0.39, 0.29) is 5.92 Å². The summed E-state index contributed by atoms with van der Waals surface area (Å²) in [5, 5.41) is 7.50. The highest BCUT2D eigenvalue weighted by Gasteiger charge is 2.25. The van der Waals surface area contributed by atoms with E-state index in [1.54, 1.807) is 0 Å². The van der Waals surface area contributed by atoms with Crippen molar-refractivity contribution in [2.24, 2.45) is 17.6 Å². The first kappa shape index (κ1) is 14.5. The van der Waals surface area contributed by atoms with E-state index >= 15 is 0 Å². The fraction of sp³-hybridized carbons (Fsp3) is 0.929. The van der Waals surface area contributed by atoms with Crippen LogP contribution in [0, 0.1) is 17.2 Å². The van der Waals surface area contributed by atoms with E-state index in [4.69, 9.17) is 11.1 Å². The zero-order valence-corrected chi connectivity index (χ0v) is 11.7. The topological polar surface area (TPSA) is 53.1 Å². The summed E-state index contributed by atoms with van der Waals surface area (Å²) in [5.74, 6) is 1.47. The number of hydrogen-bond acceptors (Lipinski definition) is 2. The number of nitrogens with zero attached hydrogens (tertiary/aromatic N) is 1. The van der Waals surface area contributed by atoms with Gasteiger partial charge >= 0.3 is 0 Å². The Morgan fingerprint density at radius 2 is 1.88 bits per heavy atom. The second-order valence-electron chi connectivity index (χ2n) is 5.53. The first-order chi connectivity index (χ1) is 8.08. The molecule has 1 unspecified atom stereocenters. The van der Waals surface area contributed by atoms with Crippen molar-refractivity contribution in [2.75, 3.05) is 13.1 Å². The summed E-state index contributed by atoms with van der Waals surface area (Å²) in [6.45, 7) is 8.62. The van der Waals surface area contributed by atoms with Crippen LogP contribution in [0.1, 0.15) is 52.9 Å². The first-order valence-electron chi connectivity index (χ1n) is 7.16. The van der Waals surface area contributed by atoms with Gasteiger partial charge in [0.25, 0.3) is 0 Å². The van der Waals surface area contributed by atoms with Crippen molar-refractivity contribution in [2.45, 2.75) is 58.9 Å². The standard InChI is InChI=1S/C14H29N3/c1-4-12-6-8-13(9-7-12)17(5-2)10-11(3)14(15)16/h11-13H,4-10H2,1-3H3,(H3,15,16). The van der Waals surface area contributed by atoms with Crippen molar-refractivity contribution < 1.29 is 0 Å². The molecule has 0 aromatic carbocycles. The second-order valence-corrected chi connectivity index (χ2v) is 5.53. The van der Waals surface area contributed by atoms with Gasteiger partial charge in [0.1, 0.15) is 0 Å². The van der Waals surface area contributed by atoms with Crippen LogP contribution in [0.4, 0.5) is 0 Å². The van der Waals surface area contributed by atoms with Gasteiger partial charge in [0.15, 0.2) is 0 Å². The molecule has 100 valence electrons. The van der Waals surface area contributed by atoms with Gasteiger partial charge in [-0.2, -0.15) is 0 Å². The van der Waals surface area contributed by atoms with Gasteiger partial charge in [-0.3, -0.25) is 10.3 Å². The van der Waals surface area contributed by atoms with Crippen LogP contribution < -0.4 is 5.73 Å². The molecule has 0 radical (unpaired) electrons. The van der Waals surface area contributed by atoms with Crippen LogP contribution in [0.2, 0.25) is 0 Å². The van der Waals surface area contributed by atoms with Crippen molar-refractivity contribution in [3.05, 3.63) is 0 Å². The van der Waals surface area contributed by atoms with Crippen molar-refractivity contribution in [3.8, 4) is 0 Å². The number of nitrogens with two attached hydrogens (primary N) is 1. The number of rotatable bonds is 6. The molecule has 0 spiro atoms. The molecule has 1 rings (SSSR count). The largest absolute Gasteiger partial charge is 0.387 e. The Labute approximate surface area is 106 Å². The van der Waals surface area contributed by atoms with E-state index in [0.717, 1.165) is 25.0 Å². The normalized spacial score (nSPS) is 27.1. The molecule has 0 aromatic heterocycles. The third-order valence-corrected chi connectivity index (χ3v) is 4.36. The third kappa shape index (κ3) is 4.30. The molecule has 1 aliphatic carbocycles. The molecular weight excluding hydrogens is 210 g/mol. The predicted molar refractivity (Wildman–Crippen MR) is 74.4 cm³/mol. The first-order valence-corrected chi connectivity index (χ1v) is 7.16. The molecular formula is C14H29N3. The van der Waals surface area contributed by atoms with Gasteiger partial charge in [0, 0.05) is 18.5 Å². The molecule has 1 saturated carbocycles. The molecule has 17 heavy (non-hydrogen) atoms. The Hall–Kier alpha value is -0.570. The lowest BCUT2D eigenvalue weighted by Crippen LogP contribution is -2.42. The lowest BCUT2D eigenvalue weighted by molar-refractivity contribution is 0.134. The third-order valence-electron chi connectivity index (χ3n) is 4.36. The van der Waals surface area contributed by atoms with E-state index in [1.165, 1.54) is 32.1 Å². The maximum absolute atomic E-state index is 7.50. The summed E-state index contributed by atoms with van der Waals surface area (Å²) in [6.07, 6.45) is 6.76. The molecule has 3 nitrogen and oxygen atoms in total. The maximum atomic E-state index is 7.50. The summed E-state index contributed by atoms with van der Waals surface area (Å²) in [4.78, 5) is 2.53. The number of amidine groups is 1. The quantitative estimate of drug-likeness (QED) is 0.553. The lowest BCUT2D eigenvalue weighted by atomic mass is 9.83. The minimum absolute atomic E-state index is 0.193. The average Bonchev–Trinajstić information content (AvgIpc) is 2.35. The molecule has 0 saturated heterocycles. The predicted octanol–water partition coefficient (Wildman–Crippen LogP) is 2.85. The van der Waals surface area contributed by atoms with E-state index in [0.29, 0.717) is 5.84 Å². The molecule has 3 heteroatoms. The molecule has 0 aliphatic heterocycles. The number of nitrogens with one attached hydrogen (secondary N) is 1. The van der Waals surface area contributed by atoms with Crippen LogP contribution in [-0.2, 0) is 0 Å². The highest BCUT2D eigenvalue weighted by Crippen LogP contribution is 2.29. The Balaban J connectivity index is 2.43. The fourth-order valence-electron chi connectivity index (χ4n) is 2.90. The van der Waals surface area contributed by atoms with Crippen molar-refractivity contribution in [3.63, 3.8) is 0 Å². The second kappa shape index (κ2) is 7.00. The Morgan fingerprint density at radius 1 is 1.29 bits per heavy atom. The maximum Gasteiger partial charge on any atom is 0.0947 e. The fourth-order valence-corrected chi connectivity index (χ4v) is 2.90. The van der Waals surface area contributed by atoms with Crippen molar-refractivity contribution in [1.82, 2.24) is 4.90 Å². The van der Waals surface area contributed by atoms with Gasteiger partial charge in [0.2, 0.25) is 0 Å². The van der Waals surface area contributed by atoms with Gasteiger partial charge in [0.05, 0.1) is 5.84 Å². The average molecular weight is 239 g/mol. The van der Waals surface area contributed by atoms with Crippen LogP contribution >= 0.6 is 0 Å². The summed E-state index contributed by atoms with van der Waals surface area (Å²) in [5.41, 5.74) is 5.57. The van der Waals surface area contributed by atoms with Crippen LogP contribution in [0.3, 0.4) is 0 Å². The lowest BCUT2D eigenvalue weighted by Gasteiger charge is -2.37. The summed E-state index contributed by atoms with van der Waals surface area (Å²) in [6, 6.07) is 0.726. The number of hydrogen-bond donors (Lipinski definition) is 2. The van der Waals surface area contributed by atoms with Crippen molar-refractivity contribution in [1.29, 1.82) is 5.41 Å². The molecule has 0 amide bonds. The summed E-state index contributed by atoms with van der Waals surface area (Å²) < 4.78 is 0. The van der Waals surface area contributed by atoms with Gasteiger partial charge in [-0.05, 0) is 38.1 Å². The van der Waals surface area contributed by atoms with Gasteiger partial charge in [-0.15, -0.1) is 0 Å². The summed E-state index contributed by atoms with van der Waals surface area (Å²) in [7, 11) is 0. The van der Waals surface area contributed by atoms with Crippen LogP contribution in [0.25, 0.3) is 0 Å². The minimum atomic E-state index is 0.193. The van der Waals surface area contributed by atoms with E-state index in [2.05, 4.69) is 25.7 Å². The van der Waals surface area contributed by atoms with Gasteiger partial charge in [-0.1, -0.05) is 27.2 Å². The molecule has 0 aromatic rings. The Kier molecular flexibility index (Phi) is 5.96. The minimum Gasteiger partial charge on any atom is -0.387 e. The van der Waals surface area contributed by atoms with Crippen molar-refractivity contribution >= 4 is 5.84 Å². The van der Waals surface area contributed by atoms with Gasteiger partial charge < -0.3 is 5.73 Å². The molecule has 0 heterocycles. The van der Waals surface area contributed by atoms with Crippen LogP contribution in [0.15, 0.2) is 0 Å². The molecule has 3 N–H and O–H groups in total. The Bertz CT molecular complexity index is 232. The highest BCUT2D eigenvalue weighted by molar-refractivity contribution is 5.79. The smallest absolute Gasteiger partial charge is 0.0947 e. The summed E-state index contributed by atoms with van der Waals surface area (Å²) >= 11 is 0. The monoisotopic (exact) mass is 239 g/mol. The Morgan fingerprint density at radius 3 is 2.29 bits per heavy atom. The molecule has 1 atom stereocenters. The van der Waals surface area contributed by atoms with Gasteiger partial charge in [-0.25, -0.2) is 0 Å². The zero-order valence-electron chi connectivity index (χ0n) is 11.7.